The molecule has 0 aliphatic rings. The average molecular weight is 583 g/mol. The van der Waals surface area contributed by atoms with Crippen molar-refractivity contribution >= 4 is 45.1 Å². The molecule has 4 aromatic rings. The van der Waals surface area contributed by atoms with Gasteiger partial charge >= 0.3 is 0 Å². The third-order valence-electron chi connectivity index (χ3n) is 5.97. The van der Waals surface area contributed by atoms with E-state index in [1.165, 1.54) is 51.8 Å². The summed E-state index contributed by atoms with van der Waals surface area (Å²) in [6.45, 7) is 0.788. The summed E-state index contributed by atoms with van der Waals surface area (Å²) in [6.07, 6.45) is 1.10. The van der Waals surface area contributed by atoms with Crippen LogP contribution in [0.1, 0.15) is 11.3 Å². The molecule has 1 heterocycles. The molecule has 0 aliphatic heterocycles. The number of hydrogen-bond acceptors (Lipinski definition) is 7. The van der Waals surface area contributed by atoms with Crippen LogP contribution in [-0.2, 0) is 21.9 Å². The van der Waals surface area contributed by atoms with Crippen LogP contribution in [0.25, 0.3) is 5.69 Å². The van der Waals surface area contributed by atoms with Gasteiger partial charge in [0.25, 0.3) is 27.2 Å². The second kappa shape index (κ2) is 11.6. The van der Waals surface area contributed by atoms with Gasteiger partial charge < -0.3 is 0 Å². The molecule has 206 valence electrons. The quantitative estimate of drug-likeness (QED) is 0.182. The van der Waals surface area contributed by atoms with Gasteiger partial charge in [0.15, 0.2) is 0 Å². The van der Waals surface area contributed by atoms with E-state index in [-0.39, 0.29) is 26.9 Å². The molecule has 0 saturated carbocycles. The van der Waals surface area contributed by atoms with Gasteiger partial charge in [0, 0.05) is 29.8 Å². The van der Waals surface area contributed by atoms with Crippen LogP contribution in [0.4, 0.5) is 11.4 Å². The molecule has 0 radical (unpaired) electrons. The number of nitro groups is 1. The molecule has 1 N–H and O–H groups in total. The number of rotatable bonds is 9. The number of nitro benzene ring substituents is 1. The van der Waals surface area contributed by atoms with Crippen molar-refractivity contribution in [3.8, 4) is 5.69 Å². The fourth-order valence-corrected chi connectivity index (χ4v) is 5.59. The highest BCUT2D eigenvalue weighted by Crippen LogP contribution is 2.25. The molecule has 0 spiro atoms. The van der Waals surface area contributed by atoms with Gasteiger partial charge in [-0.25, -0.2) is 22.8 Å². The van der Waals surface area contributed by atoms with E-state index in [0.717, 1.165) is 10.5 Å². The molecule has 0 unspecified atom stereocenters. The van der Waals surface area contributed by atoms with E-state index < -0.39 is 33.0 Å². The fraction of sp³-hybridized carbons (Fsp3) is 0.115. The summed E-state index contributed by atoms with van der Waals surface area (Å²) in [4.78, 5) is 36.9. The highest BCUT2D eigenvalue weighted by molar-refractivity contribution is 7.92. The summed E-state index contributed by atoms with van der Waals surface area (Å²) in [6, 6.07) is 19.8. The standard InChI is InChI=1S/C26H23ClN6O6S/c1-18-25(26(35)32(30(18)2)20-9-5-3-6-10-20)31(40(38,39)22-11-7-4-8-12-22)17-24(34)29-28-16-19-15-21(33(36)37)13-14-23(19)27/h3-16H,17H2,1-2H3,(H,29,34)/b28-16-. The van der Waals surface area contributed by atoms with Gasteiger partial charge in [-0.3, -0.25) is 24.4 Å². The third kappa shape index (κ3) is 5.65. The Labute approximate surface area is 233 Å². The number of nitrogens with one attached hydrogen (secondary N) is 1. The zero-order valence-corrected chi connectivity index (χ0v) is 22.8. The number of carbonyl (C=O) groups excluding carboxylic acids is 1. The molecule has 0 atom stereocenters. The molecule has 4 rings (SSSR count). The Morgan fingerprint density at radius 1 is 1.10 bits per heavy atom. The lowest BCUT2D eigenvalue weighted by atomic mass is 10.2. The lowest BCUT2D eigenvalue weighted by molar-refractivity contribution is -0.384. The number of non-ortho nitro benzene ring substituents is 1. The number of benzene rings is 3. The Balaban J connectivity index is 1.72. The van der Waals surface area contributed by atoms with Gasteiger partial charge in [0.05, 0.1) is 27.4 Å². The van der Waals surface area contributed by atoms with Crippen molar-refractivity contribution in [2.45, 2.75) is 11.8 Å². The Kier molecular flexibility index (Phi) is 8.16. The van der Waals surface area contributed by atoms with E-state index in [1.54, 1.807) is 50.4 Å². The minimum Gasteiger partial charge on any atom is -0.283 e. The fourth-order valence-electron chi connectivity index (χ4n) is 3.93. The molecular weight excluding hydrogens is 560 g/mol. The number of amides is 1. The number of sulfonamides is 1. The van der Waals surface area contributed by atoms with Crippen LogP contribution in [0.3, 0.4) is 0 Å². The Hall–Kier alpha value is -4.75. The van der Waals surface area contributed by atoms with E-state index >= 15 is 0 Å². The molecule has 0 bridgehead atoms. The Morgan fingerprint density at radius 3 is 2.35 bits per heavy atom. The minimum absolute atomic E-state index is 0.122. The number of aromatic nitrogens is 2. The monoisotopic (exact) mass is 582 g/mol. The molecule has 0 fully saturated rings. The van der Waals surface area contributed by atoms with Gasteiger partial charge in [-0.1, -0.05) is 48.0 Å². The van der Waals surface area contributed by atoms with Crippen LogP contribution in [0.5, 0.6) is 0 Å². The first kappa shape index (κ1) is 28.3. The molecule has 0 saturated heterocycles. The van der Waals surface area contributed by atoms with Crippen molar-refractivity contribution in [2.75, 3.05) is 10.8 Å². The van der Waals surface area contributed by atoms with Crippen LogP contribution in [0.15, 0.2) is 93.7 Å². The van der Waals surface area contributed by atoms with Crippen molar-refractivity contribution in [3.05, 3.63) is 116 Å². The number of hydrazone groups is 1. The van der Waals surface area contributed by atoms with Crippen molar-refractivity contribution in [2.24, 2.45) is 12.1 Å². The van der Waals surface area contributed by atoms with Gasteiger partial charge in [-0.15, -0.1) is 0 Å². The number of halogens is 1. The zero-order valence-electron chi connectivity index (χ0n) is 21.3. The van der Waals surface area contributed by atoms with E-state index in [0.29, 0.717) is 11.4 Å². The summed E-state index contributed by atoms with van der Waals surface area (Å²) >= 11 is 6.06. The number of hydrogen-bond donors (Lipinski definition) is 1. The predicted molar refractivity (Wildman–Crippen MR) is 151 cm³/mol. The van der Waals surface area contributed by atoms with Crippen LogP contribution in [0.2, 0.25) is 5.02 Å². The van der Waals surface area contributed by atoms with Crippen LogP contribution in [-0.4, -0.2) is 41.4 Å². The van der Waals surface area contributed by atoms with Gasteiger partial charge in [0.2, 0.25) is 0 Å². The first-order chi connectivity index (χ1) is 19.0. The van der Waals surface area contributed by atoms with Crippen molar-refractivity contribution in [1.82, 2.24) is 14.8 Å². The van der Waals surface area contributed by atoms with Gasteiger partial charge in [0.1, 0.15) is 12.2 Å². The largest absolute Gasteiger partial charge is 0.296 e. The lowest BCUT2D eigenvalue weighted by Gasteiger charge is -2.22. The minimum atomic E-state index is -4.38. The summed E-state index contributed by atoms with van der Waals surface area (Å²) < 4.78 is 31.0. The first-order valence-electron chi connectivity index (χ1n) is 11.7. The van der Waals surface area contributed by atoms with Gasteiger partial charge in [-0.05, 0) is 37.3 Å². The maximum Gasteiger partial charge on any atom is 0.296 e. The number of para-hydroxylation sites is 1. The van der Waals surface area contributed by atoms with Crippen LogP contribution in [0, 0.1) is 17.0 Å². The van der Waals surface area contributed by atoms with Crippen molar-refractivity contribution < 1.29 is 18.1 Å². The topological polar surface area (TPSA) is 149 Å². The summed E-state index contributed by atoms with van der Waals surface area (Å²) in [5, 5.41) is 15.0. The average Bonchev–Trinajstić information content (AvgIpc) is 3.16. The maximum absolute atomic E-state index is 13.7. The van der Waals surface area contributed by atoms with Crippen molar-refractivity contribution in [1.29, 1.82) is 0 Å². The normalized spacial score (nSPS) is 11.5. The molecule has 12 nitrogen and oxygen atoms in total. The first-order valence-corrected chi connectivity index (χ1v) is 13.5. The van der Waals surface area contributed by atoms with E-state index in [2.05, 4.69) is 10.5 Å². The van der Waals surface area contributed by atoms with Gasteiger partial charge in [-0.2, -0.15) is 5.10 Å². The second-order valence-electron chi connectivity index (χ2n) is 8.49. The van der Waals surface area contributed by atoms with Crippen LogP contribution >= 0.6 is 11.6 Å². The third-order valence-corrected chi connectivity index (χ3v) is 8.08. The van der Waals surface area contributed by atoms with Crippen LogP contribution < -0.4 is 15.3 Å². The predicted octanol–water partition coefficient (Wildman–Crippen LogP) is 3.39. The maximum atomic E-state index is 13.7. The molecule has 40 heavy (non-hydrogen) atoms. The SMILES string of the molecule is Cc1c(N(CC(=O)N/N=C\c2cc([N+](=O)[O-])ccc2Cl)S(=O)(=O)c2ccccc2)c(=O)n(-c2ccccc2)n1C. The number of anilines is 1. The molecule has 0 aliphatic carbocycles. The second-order valence-corrected chi connectivity index (χ2v) is 10.8. The number of carbonyl (C=O) groups is 1. The molecule has 3 aromatic carbocycles. The van der Waals surface area contributed by atoms with E-state index in [1.807, 2.05) is 0 Å². The smallest absolute Gasteiger partial charge is 0.283 e. The summed E-state index contributed by atoms with van der Waals surface area (Å²) in [5.41, 5.74) is 2.08. The molecular formula is C26H23ClN6O6S. The highest BCUT2D eigenvalue weighted by Gasteiger charge is 2.33. The lowest BCUT2D eigenvalue weighted by Crippen LogP contribution is -2.42. The van der Waals surface area contributed by atoms with E-state index in [4.69, 9.17) is 11.6 Å². The highest BCUT2D eigenvalue weighted by atomic mass is 35.5. The van der Waals surface area contributed by atoms with Crippen molar-refractivity contribution in [3.63, 3.8) is 0 Å². The Bertz CT molecular complexity index is 1770. The van der Waals surface area contributed by atoms with E-state index in [9.17, 15) is 28.1 Å². The summed E-state index contributed by atoms with van der Waals surface area (Å²) in [7, 11) is -2.78. The summed E-state index contributed by atoms with van der Waals surface area (Å²) in [5.74, 6) is -0.869. The zero-order chi connectivity index (χ0) is 29.0. The molecule has 14 heteroatoms. The molecule has 1 aromatic heterocycles. The number of nitrogens with zero attached hydrogens (tertiary/aromatic N) is 5. The molecule has 1 amide bonds. The Morgan fingerprint density at radius 2 is 1.73 bits per heavy atom.